The number of carbonyl (C=O) groups excluding carboxylic acids is 1. The third-order valence-corrected chi connectivity index (χ3v) is 3.91. The lowest BCUT2D eigenvalue weighted by Gasteiger charge is -2.33. The summed E-state index contributed by atoms with van der Waals surface area (Å²) in [6, 6.07) is 1.77. The molecule has 1 aliphatic rings. The van der Waals surface area contributed by atoms with Gasteiger partial charge in [-0.3, -0.25) is 4.79 Å². The van der Waals surface area contributed by atoms with Crippen LogP contribution >= 0.6 is 0 Å². The predicted octanol–water partition coefficient (Wildman–Crippen LogP) is 0.728. The number of carbonyl (C=O) groups is 1. The molecule has 1 fully saturated rings. The summed E-state index contributed by atoms with van der Waals surface area (Å²) in [6.07, 6.45) is 2.81. The first-order valence-electron chi connectivity index (χ1n) is 7.23. The fourth-order valence-corrected chi connectivity index (χ4v) is 2.84. The van der Waals surface area contributed by atoms with E-state index in [4.69, 9.17) is 0 Å². The number of aromatic nitrogens is 4. The number of likely N-dealkylation sites (tertiary alicyclic amines) is 1. The van der Waals surface area contributed by atoms with Gasteiger partial charge in [0.15, 0.2) is 0 Å². The number of hydrogen-bond donors (Lipinski definition) is 1. The van der Waals surface area contributed by atoms with Crippen LogP contribution in [0.4, 0.5) is 0 Å². The van der Waals surface area contributed by atoms with Gasteiger partial charge in [-0.1, -0.05) is 0 Å². The maximum Gasteiger partial charge on any atom is 0.293 e. The second-order valence-corrected chi connectivity index (χ2v) is 5.52. The van der Waals surface area contributed by atoms with Crippen molar-refractivity contribution in [2.75, 3.05) is 13.2 Å². The zero-order chi connectivity index (χ0) is 15.0. The van der Waals surface area contributed by atoms with Gasteiger partial charge in [-0.15, -0.1) is 5.10 Å². The SMILES string of the molecule is Cc1cc(C)n2nc(C(=O)N3CCCCC3CO)nc2n1. The number of hydrogen-bond acceptors (Lipinski definition) is 5. The van der Waals surface area contributed by atoms with Crippen LogP contribution in [0.5, 0.6) is 0 Å². The molecule has 1 aliphatic heterocycles. The van der Waals surface area contributed by atoms with Gasteiger partial charge in [-0.25, -0.2) is 9.50 Å². The Morgan fingerprint density at radius 2 is 2.19 bits per heavy atom. The summed E-state index contributed by atoms with van der Waals surface area (Å²) in [5.74, 6) is 0.362. The summed E-state index contributed by atoms with van der Waals surface area (Å²) in [4.78, 5) is 22.8. The molecule has 0 aliphatic carbocycles. The van der Waals surface area contributed by atoms with E-state index < -0.39 is 0 Å². The Morgan fingerprint density at radius 1 is 1.38 bits per heavy atom. The summed E-state index contributed by atoms with van der Waals surface area (Å²) in [5.41, 5.74) is 1.74. The van der Waals surface area contributed by atoms with Crippen molar-refractivity contribution in [2.45, 2.75) is 39.2 Å². The second-order valence-electron chi connectivity index (χ2n) is 5.52. The Balaban J connectivity index is 1.96. The van der Waals surface area contributed by atoms with Crippen molar-refractivity contribution in [1.82, 2.24) is 24.5 Å². The first-order valence-corrected chi connectivity index (χ1v) is 7.23. The molecule has 0 aromatic carbocycles. The van der Waals surface area contributed by atoms with E-state index in [0.717, 1.165) is 30.7 Å². The summed E-state index contributed by atoms with van der Waals surface area (Å²) < 4.78 is 1.58. The Bertz CT molecular complexity index is 681. The van der Waals surface area contributed by atoms with Gasteiger partial charge in [0.2, 0.25) is 5.82 Å². The van der Waals surface area contributed by atoms with E-state index in [-0.39, 0.29) is 24.4 Å². The summed E-state index contributed by atoms with van der Waals surface area (Å²) in [5, 5.41) is 13.7. The summed E-state index contributed by atoms with van der Waals surface area (Å²) in [6.45, 7) is 4.41. The van der Waals surface area contributed by atoms with E-state index in [0.29, 0.717) is 12.3 Å². The van der Waals surface area contributed by atoms with Crippen LogP contribution in [0.2, 0.25) is 0 Å². The van der Waals surface area contributed by atoms with E-state index in [1.165, 1.54) is 0 Å². The van der Waals surface area contributed by atoms with Crippen LogP contribution in [-0.4, -0.2) is 54.7 Å². The number of amides is 1. The molecule has 21 heavy (non-hydrogen) atoms. The molecular formula is C14H19N5O2. The third kappa shape index (κ3) is 2.49. The Morgan fingerprint density at radius 3 is 2.95 bits per heavy atom. The van der Waals surface area contributed by atoms with Gasteiger partial charge in [0.05, 0.1) is 12.6 Å². The van der Waals surface area contributed by atoms with E-state index in [1.807, 2.05) is 19.9 Å². The molecule has 112 valence electrons. The molecule has 2 aromatic rings. The first-order chi connectivity index (χ1) is 10.1. The van der Waals surface area contributed by atoms with Gasteiger partial charge in [0.25, 0.3) is 11.7 Å². The fraction of sp³-hybridized carbons (Fsp3) is 0.571. The smallest absolute Gasteiger partial charge is 0.293 e. The van der Waals surface area contributed by atoms with Crippen molar-refractivity contribution < 1.29 is 9.90 Å². The molecule has 0 saturated carbocycles. The van der Waals surface area contributed by atoms with Gasteiger partial charge in [0, 0.05) is 17.9 Å². The Labute approximate surface area is 122 Å². The van der Waals surface area contributed by atoms with E-state index in [1.54, 1.807) is 9.42 Å². The van der Waals surface area contributed by atoms with Crippen molar-refractivity contribution in [3.8, 4) is 0 Å². The van der Waals surface area contributed by atoms with Crippen LogP contribution in [0.3, 0.4) is 0 Å². The van der Waals surface area contributed by atoms with Crippen LogP contribution in [0, 0.1) is 13.8 Å². The van der Waals surface area contributed by atoms with Crippen LogP contribution in [0.1, 0.15) is 41.3 Å². The Kier molecular flexibility index (Phi) is 3.59. The highest BCUT2D eigenvalue weighted by Crippen LogP contribution is 2.18. The molecule has 3 heterocycles. The van der Waals surface area contributed by atoms with Crippen molar-refractivity contribution >= 4 is 11.7 Å². The van der Waals surface area contributed by atoms with E-state index in [9.17, 15) is 9.90 Å². The molecular weight excluding hydrogens is 270 g/mol. The standard InChI is InChI=1S/C14H19N5O2/c1-9-7-10(2)19-14(15-9)16-12(17-19)13(21)18-6-4-3-5-11(18)8-20/h7,11,20H,3-6,8H2,1-2H3. The van der Waals surface area contributed by atoms with Crippen molar-refractivity contribution in [1.29, 1.82) is 0 Å². The van der Waals surface area contributed by atoms with Crippen LogP contribution in [-0.2, 0) is 0 Å². The highest BCUT2D eigenvalue weighted by Gasteiger charge is 2.29. The Hall–Kier alpha value is -2.02. The minimum absolute atomic E-state index is 0.0184. The number of rotatable bonds is 2. The maximum absolute atomic E-state index is 12.6. The molecule has 7 nitrogen and oxygen atoms in total. The second kappa shape index (κ2) is 5.40. The van der Waals surface area contributed by atoms with Crippen molar-refractivity contribution in [2.24, 2.45) is 0 Å². The van der Waals surface area contributed by atoms with Gasteiger partial charge in [-0.2, -0.15) is 4.98 Å². The molecule has 2 aromatic heterocycles. The lowest BCUT2D eigenvalue weighted by molar-refractivity contribution is 0.0491. The van der Waals surface area contributed by atoms with E-state index >= 15 is 0 Å². The zero-order valence-corrected chi connectivity index (χ0v) is 12.3. The molecule has 1 saturated heterocycles. The quantitative estimate of drug-likeness (QED) is 0.881. The molecule has 3 rings (SSSR count). The molecule has 1 atom stereocenters. The topological polar surface area (TPSA) is 83.6 Å². The van der Waals surface area contributed by atoms with Crippen LogP contribution < -0.4 is 0 Å². The van der Waals surface area contributed by atoms with Gasteiger partial charge in [-0.05, 0) is 39.2 Å². The van der Waals surface area contributed by atoms with Crippen LogP contribution in [0.25, 0.3) is 5.78 Å². The van der Waals surface area contributed by atoms with Gasteiger partial charge in [0.1, 0.15) is 0 Å². The fourth-order valence-electron chi connectivity index (χ4n) is 2.84. The largest absolute Gasteiger partial charge is 0.394 e. The molecule has 0 radical (unpaired) electrons. The molecule has 1 amide bonds. The number of aliphatic hydroxyl groups is 1. The van der Waals surface area contributed by atoms with Gasteiger partial charge < -0.3 is 10.0 Å². The zero-order valence-electron chi connectivity index (χ0n) is 12.3. The summed E-state index contributed by atoms with van der Waals surface area (Å²) in [7, 11) is 0. The average molecular weight is 289 g/mol. The molecule has 1 N–H and O–H groups in total. The van der Waals surface area contributed by atoms with Crippen molar-refractivity contribution in [3.05, 3.63) is 23.3 Å². The van der Waals surface area contributed by atoms with Crippen molar-refractivity contribution in [3.63, 3.8) is 0 Å². The summed E-state index contributed by atoms with van der Waals surface area (Å²) >= 11 is 0. The molecule has 0 bridgehead atoms. The number of aryl methyl sites for hydroxylation is 2. The first kappa shape index (κ1) is 13.9. The number of aliphatic hydroxyl groups excluding tert-OH is 1. The van der Waals surface area contributed by atoms with Crippen LogP contribution in [0.15, 0.2) is 6.07 Å². The highest BCUT2D eigenvalue weighted by atomic mass is 16.3. The monoisotopic (exact) mass is 289 g/mol. The predicted molar refractivity (Wildman–Crippen MR) is 76.0 cm³/mol. The third-order valence-electron chi connectivity index (χ3n) is 3.91. The molecule has 7 heteroatoms. The molecule has 1 unspecified atom stereocenters. The average Bonchev–Trinajstić information content (AvgIpc) is 2.90. The number of nitrogens with zero attached hydrogens (tertiary/aromatic N) is 5. The minimum atomic E-state index is -0.226. The minimum Gasteiger partial charge on any atom is -0.394 e. The number of piperidine rings is 1. The molecule has 0 spiro atoms. The maximum atomic E-state index is 12.6. The van der Waals surface area contributed by atoms with E-state index in [2.05, 4.69) is 15.1 Å². The number of fused-ring (bicyclic) bond motifs is 1. The lowest BCUT2D eigenvalue weighted by atomic mass is 10.0. The van der Waals surface area contributed by atoms with Gasteiger partial charge >= 0.3 is 0 Å². The normalized spacial score (nSPS) is 19.2. The lowest BCUT2D eigenvalue weighted by Crippen LogP contribution is -2.46. The highest BCUT2D eigenvalue weighted by molar-refractivity contribution is 5.91.